The minimum Gasteiger partial charge on any atom is -0.326 e. The van der Waals surface area contributed by atoms with Crippen LogP contribution in [0.15, 0.2) is 66.7 Å². The van der Waals surface area contributed by atoms with Crippen molar-refractivity contribution in [2.75, 3.05) is 5.32 Å². The van der Waals surface area contributed by atoms with Crippen molar-refractivity contribution in [2.45, 2.75) is 25.8 Å². The molecule has 152 valence electrons. The predicted molar refractivity (Wildman–Crippen MR) is 113 cm³/mol. The molecule has 30 heavy (non-hydrogen) atoms. The molecule has 0 aromatic heterocycles. The number of amides is 3. The Balaban J connectivity index is 1.42. The number of aryl methyl sites for hydroxylation is 1. The van der Waals surface area contributed by atoms with Crippen LogP contribution in [0.25, 0.3) is 0 Å². The Morgan fingerprint density at radius 2 is 1.57 bits per heavy atom. The Hall–Kier alpha value is -3.21. The van der Waals surface area contributed by atoms with Gasteiger partial charge in [-0.1, -0.05) is 60.2 Å². The highest BCUT2D eigenvalue weighted by molar-refractivity contribution is 6.07. The Kier molecular flexibility index (Phi) is 4.54. The number of imide groups is 1. The van der Waals surface area contributed by atoms with Crippen LogP contribution in [0.3, 0.4) is 0 Å². The Morgan fingerprint density at radius 1 is 0.967 bits per heavy atom. The zero-order valence-electron chi connectivity index (χ0n) is 16.8. The second kappa shape index (κ2) is 7.24. The van der Waals surface area contributed by atoms with E-state index in [1.54, 1.807) is 0 Å². The molecule has 5 unspecified atom stereocenters. The molecule has 5 heteroatoms. The van der Waals surface area contributed by atoms with Gasteiger partial charge >= 0.3 is 0 Å². The summed E-state index contributed by atoms with van der Waals surface area (Å²) < 4.78 is 0. The van der Waals surface area contributed by atoms with E-state index in [4.69, 9.17) is 0 Å². The summed E-state index contributed by atoms with van der Waals surface area (Å²) in [6.07, 6.45) is 5.10. The lowest BCUT2D eigenvalue weighted by Crippen LogP contribution is -2.38. The molecule has 2 aliphatic carbocycles. The number of nitrogens with one attached hydrogen (secondary N) is 1. The first-order valence-corrected chi connectivity index (χ1v) is 10.5. The van der Waals surface area contributed by atoms with Gasteiger partial charge in [0.1, 0.15) is 0 Å². The van der Waals surface area contributed by atoms with Crippen molar-refractivity contribution in [3.8, 4) is 0 Å². The summed E-state index contributed by atoms with van der Waals surface area (Å²) >= 11 is 0. The van der Waals surface area contributed by atoms with Crippen LogP contribution >= 0.6 is 0 Å². The van der Waals surface area contributed by atoms with Crippen LogP contribution in [0.5, 0.6) is 0 Å². The van der Waals surface area contributed by atoms with E-state index in [-0.39, 0.29) is 47.8 Å². The Bertz CT molecular complexity index is 998. The summed E-state index contributed by atoms with van der Waals surface area (Å²) in [5, 5.41) is 2.90. The van der Waals surface area contributed by atoms with E-state index in [2.05, 4.69) is 17.5 Å². The topological polar surface area (TPSA) is 66.5 Å². The fraction of sp³-hybridized carbons (Fsp3) is 0.320. The molecule has 2 fully saturated rings. The first kappa shape index (κ1) is 18.8. The third kappa shape index (κ3) is 3.05. The van der Waals surface area contributed by atoms with Crippen LogP contribution in [0, 0.1) is 30.6 Å². The zero-order valence-corrected chi connectivity index (χ0v) is 16.8. The van der Waals surface area contributed by atoms with E-state index >= 15 is 0 Å². The van der Waals surface area contributed by atoms with Crippen LogP contribution in [0.4, 0.5) is 5.69 Å². The van der Waals surface area contributed by atoms with Crippen LogP contribution in [-0.4, -0.2) is 22.6 Å². The fourth-order valence-electron chi connectivity index (χ4n) is 5.29. The van der Waals surface area contributed by atoms with E-state index in [1.807, 2.05) is 61.5 Å². The number of anilines is 1. The van der Waals surface area contributed by atoms with Gasteiger partial charge in [0.05, 0.1) is 24.3 Å². The molecule has 2 bridgehead atoms. The first-order valence-electron chi connectivity index (χ1n) is 10.5. The van der Waals surface area contributed by atoms with Crippen LogP contribution < -0.4 is 5.32 Å². The van der Waals surface area contributed by atoms with E-state index in [9.17, 15) is 14.4 Å². The lowest BCUT2D eigenvalue weighted by atomic mass is 9.85. The van der Waals surface area contributed by atoms with Gasteiger partial charge in [-0.3, -0.25) is 19.3 Å². The quantitative estimate of drug-likeness (QED) is 0.612. The third-order valence-electron chi connectivity index (χ3n) is 6.71. The van der Waals surface area contributed by atoms with Gasteiger partial charge in [-0.25, -0.2) is 0 Å². The molecule has 0 radical (unpaired) electrons. The first-order chi connectivity index (χ1) is 14.5. The molecule has 1 saturated carbocycles. The number of hydrogen-bond donors (Lipinski definition) is 1. The maximum absolute atomic E-state index is 13.3. The second-order valence-electron chi connectivity index (χ2n) is 8.59. The molecule has 0 spiro atoms. The molecular weight excluding hydrogens is 376 g/mol. The van der Waals surface area contributed by atoms with Gasteiger partial charge in [0, 0.05) is 5.69 Å². The number of fused-ring (bicyclic) bond motifs is 5. The molecule has 3 amide bonds. The summed E-state index contributed by atoms with van der Waals surface area (Å²) in [7, 11) is 0. The maximum Gasteiger partial charge on any atom is 0.234 e. The summed E-state index contributed by atoms with van der Waals surface area (Å²) in [5.74, 6) is -0.694. The van der Waals surface area contributed by atoms with Crippen LogP contribution in [0.1, 0.15) is 30.0 Å². The molecule has 5 rings (SSSR count). The highest BCUT2D eigenvalue weighted by Crippen LogP contribution is 2.54. The number of rotatable bonds is 5. The average Bonchev–Trinajstić information content (AvgIpc) is 3.43. The van der Waals surface area contributed by atoms with Crippen molar-refractivity contribution < 1.29 is 14.4 Å². The van der Waals surface area contributed by atoms with Crippen LogP contribution in [0.2, 0.25) is 0 Å². The number of carbonyl (C=O) groups is 3. The highest BCUT2D eigenvalue weighted by atomic mass is 16.2. The predicted octanol–water partition coefficient (Wildman–Crippen LogP) is 3.87. The lowest BCUT2D eigenvalue weighted by Gasteiger charge is -2.28. The molecule has 5 atom stereocenters. The Morgan fingerprint density at radius 3 is 2.17 bits per heavy atom. The maximum atomic E-state index is 13.3. The van der Waals surface area contributed by atoms with Gasteiger partial charge in [0.15, 0.2) is 0 Å². The summed E-state index contributed by atoms with van der Waals surface area (Å²) in [6.45, 7) is 1.99. The third-order valence-corrected chi connectivity index (χ3v) is 6.71. The number of likely N-dealkylation sites (tertiary alicyclic amines) is 1. The fourth-order valence-corrected chi connectivity index (χ4v) is 5.29. The molecule has 2 aromatic rings. The van der Waals surface area contributed by atoms with Gasteiger partial charge in [0.25, 0.3) is 0 Å². The van der Waals surface area contributed by atoms with Gasteiger partial charge in [-0.2, -0.15) is 0 Å². The van der Waals surface area contributed by atoms with Gasteiger partial charge in [0.2, 0.25) is 17.7 Å². The number of benzene rings is 2. The van der Waals surface area contributed by atoms with Crippen molar-refractivity contribution in [1.29, 1.82) is 0 Å². The van der Waals surface area contributed by atoms with Crippen molar-refractivity contribution in [3.05, 3.63) is 77.9 Å². The molecule has 3 aliphatic rings. The van der Waals surface area contributed by atoms with E-state index in [0.29, 0.717) is 5.69 Å². The second-order valence-corrected chi connectivity index (χ2v) is 8.59. The van der Waals surface area contributed by atoms with Crippen LogP contribution in [-0.2, 0) is 14.4 Å². The summed E-state index contributed by atoms with van der Waals surface area (Å²) in [5.41, 5.74) is 2.62. The van der Waals surface area contributed by atoms with E-state index < -0.39 is 6.04 Å². The number of hydrogen-bond acceptors (Lipinski definition) is 3. The number of allylic oxidation sites excluding steroid dienone is 2. The van der Waals surface area contributed by atoms with Crippen molar-refractivity contribution in [2.24, 2.45) is 23.7 Å². The minimum absolute atomic E-state index is 0.0393. The average molecular weight is 400 g/mol. The molecular formula is C25H24N2O3. The van der Waals surface area contributed by atoms with Gasteiger partial charge < -0.3 is 5.32 Å². The lowest BCUT2D eigenvalue weighted by molar-refractivity contribution is -0.144. The van der Waals surface area contributed by atoms with Crippen molar-refractivity contribution in [3.63, 3.8) is 0 Å². The highest BCUT2D eigenvalue weighted by Gasteiger charge is 2.60. The Labute approximate surface area is 175 Å². The minimum atomic E-state index is -0.596. The largest absolute Gasteiger partial charge is 0.326 e. The normalized spacial score (nSPS) is 27.4. The number of nitrogens with zero attached hydrogens (tertiary/aromatic N) is 1. The number of carbonyl (C=O) groups excluding carboxylic acids is 3. The standard InChI is InChI=1S/C25H24N2O3/c1-15-7-11-19(12-8-15)26-21(28)14-20(16-5-3-2-4-6-16)27-24(29)22-17-9-10-18(13-17)23(22)25(27)30/h2-12,17-18,20,22-23H,13-14H2,1H3,(H,26,28). The molecule has 2 aromatic carbocycles. The van der Waals surface area contributed by atoms with Crippen molar-refractivity contribution in [1.82, 2.24) is 4.90 Å². The molecule has 1 saturated heterocycles. The zero-order chi connectivity index (χ0) is 20.8. The van der Waals surface area contributed by atoms with E-state index in [1.165, 1.54) is 4.90 Å². The molecule has 1 heterocycles. The molecule has 5 nitrogen and oxygen atoms in total. The molecule has 1 aliphatic heterocycles. The summed E-state index contributed by atoms with van der Waals surface area (Å²) in [6, 6.07) is 16.4. The van der Waals surface area contributed by atoms with Gasteiger partial charge in [-0.15, -0.1) is 0 Å². The SMILES string of the molecule is Cc1ccc(NC(=O)CC(c2ccccc2)N2C(=O)C3C4C=CC(C4)C3C2=O)cc1. The molecule has 1 N–H and O–H groups in total. The smallest absolute Gasteiger partial charge is 0.234 e. The monoisotopic (exact) mass is 400 g/mol. The van der Waals surface area contributed by atoms with Gasteiger partial charge in [-0.05, 0) is 42.9 Å². The summed E-state index contributed by atoms with van der Waals surface area (Å²) in [4.78, 5) is 40.9. The van der Waals surface area contributed by atoms with E-state index in [0.717, 1.165) is 17.5 Å². The van der Waals surface area contributed by atoms with Crippen molar-refractivity contribution >= 4 is 23.4 Å².